The predicted molar refractivity (Wildman–Crippen MR) is 40.1 cm³/mol. The summed E-state index contributed by atoms with van der Waals surface area (Å²) in [5.41, 5.74) is 2.79. The number of rotatable bonds is 2. The second kappa shape index (κ2) is 3.09. The molecule has 0 bridgehead atoms. The Morgan fingerprint density at radius 3 is 2.90 bits per heavy atom. The van der Waals surface area contributed by atoms with Crippen LogP contribution in [-0.2, 0) is 6.54 Å². The van der Waals surface area contributed by atoms with Gasteiger partial charge in [-0.15, -0.1) is 11.3 Å². The van der Waals surface area contributed by atoms with Crippen LogP contribution in [0.1, 0.15) is 10.6 Å². The first-order chi connectivity index (χ1) is 4.70. The van der Waals surface area contributed by atoms with Crippen LogP contribution in [0.3, 0.4) is 0 Å². The van der Waals surface area contributed by atoms with E-state index in [0.29, 0.717) is 6.54 Å². The van der Waals surface area contributed by atoms with E-state index in [1.165, 1.54) is 0 Å². The molecule has 0 saturated carbocycles. The van der Waals surface area contributed by atoms with Crippen molar-refractivity contribution in [2.45, 2.75) is 13.5 Å². The molecule has 0 fully saturated rings. The summed E-state index contributed by atoms with van der Waals surface area (Å²) in [6, 6.07) is 0. The van der Waals surface area contributed by atoms with Crippen LogP contribution in [0.2, 0.25) is 0 Å². The van der Waals surface area contributed by atoms with Crippen molar-refractivity contribution in [3.05, 3.63) is 16.1 Å². The normalized spacial score (nSPS) is 10.8. The molecule has 1 aromatic rings. The lowest BCUT2D eigenvalue weighted by Gasteiger charge is -2.04. The molecule has 0 spiro atoms. The third kappa shape index (κ3) is 1.76. The monoisotopic (exact) mass is 158 g/mol. The van der Waals surface area contributed by atoms with Gasteiger partial charge < -0.3 is 5.21 Å². The summed E-state index contributed by atoms with van der Waals surface area (Å²) in [5.74, 6) is 0. The van der Waals surface area contributed by atoms with Crippen molar-refractivity contribution >= 4 is 11.3 Å². The van der Waals surface area contributed by atoms with Gasteiger partial charge in [-0.25, -0.2) is 4.98 Å². The van der Waals surface area contributed by atoms with Gasteiger partial charge in [-0.05, 0) is 6.92 Å². The highest BCUT2D eigenvalue weighted by Gasteiger charge is 2.01. The topological polar surface area (TPSA) is 36.4 Å². The minimum absolute atomic E-state index is 0.566. The maximum Gasteiger partial charge on any atom is 0.0798 e. The molecule has 1 heterocycles. The molecule has 4 heteroatoms. The summed E-state index contributed by atoms with van der Waals surface area (Å²) in [6.45, 7) is 2.51. The second-order valence-corrected chi connectivity index (χ2v) is 3.12. The number of nitrogens with zero attached hydrogens (tertiary/aromatic N) is 2. The second-order valence-electron chi connectivity index (χ2n) is 2.18. The summed E-state index contributed by atoms with van der Waals surface area (Å²) in [4.78, 5) is 5.17. The van der Waals surface area contributed by atoms with Gasteiger partial charge in [0.1, 0.15) is 0 Å². The molecule has 0 unspecified atom stereocenters. The van der Waals surface area contributed by atoms with Gasteiger partial charge in [-0.1, -0.05) is 0 Å². The Hall–Kier alpha value is -0.450. The molecule has 0 atom stereocenters. The Bertz CT molecular complexity index is 209. The number of aryl methyl sites for hydroxylation is 1. The standard InChI is InChI=1S/C6H10N2OS/c1-5-6(3-8(2)9)10-4-7-5/h4,9H,3H2,1-2H3. The number of thiazole rings is 1. The highest BCUT2D eigenvalue weighted by atomic mass is 32.1. The zero-order valence-corrected chi connectivity index (χ0v) is 6.85. The Morgan fingerprint density at radius 1 is 1.80 bits per heavy atom. The van der Waals surface area contributed by atoms with Gasteiger partial charge in [0.05, 0.1) is 17.7 Å². The minimum Gasteiger partial charge on any atom is -0.314 e. The van der Waals surface area contributed by atoms with Gasteiger partial charge in [0.2, 0.25) is 0 Å². The molecular weight excluding hydrogens is 148 g/mol. The minimum atomic E-state index is 0.566. The van der Waals surface area contributed by atoms with Gasteiger partial charge in [0.15, 0.2) is 0 Å². The summed E-state index contributed by atoms with van der Waals surface area (Å²) in [7, 11) is 1.62. The molecule has 0 amide bonds. The molecule has 0 aromatic carbocycles. The lowest BCUT2D eigenvalue weighted by molar-refractivity contribution is -0.0725. The van der Waals surface area contributed by atoms with Crippen molar-refractivity contribution in [1.82, 2.24) is 10.0 Å². The third-order valence-corrected chi connectivity index (χ3v) is 2.14. The molecular formula is C6H10N2OS. The lowest BCUT2D eigenvalue weighted by atomic mass is 10.4. The van der Waals surface area contributed by atoms with Crippen molar-refractivity contribution < 1.29 is 5.21 Å². The van der Waals surface area contributed by atoms with Gasteiger partial charge in [-0.2, -0.15) is 5.06 Å². The van der Waals surface area contributed by atoms with Crippen LogP contribution in [0.25, 0.3) is 0 Å². The van der Waals surface area contributed by atoms with E-state index in [1.54, 1.807) is 23.9 Å². The number of hydroxylamine groups is 2. The summed E-state index contributed by atoms with van der Waals surface area (Å²) in [6.07, 6.45) is 0. The van der Waals surface area contributed by atoms with Gasteiger partial charge in [0.25, 0.3) is 0 Å². The quantitative estimate of drug-likeness (QED) is 0.658. The predicted octanol–water partition coefficient (Wildman–Crippen LogP) is 1.27. The number of aromatic nitrogens is 1. The maximum absolute atomic E-state index is 8.86. The molecule has 0 saturated heterocycles. The van der Waals surface area contributed by atoms with Crippen LogP contribution < -0.4 is 0 Å². The molecule has 56 valence electrons. The number of hydrogen-bond donors (Lipinski definition) is 1. The SMILES string of the molecule is Cc1ncsc1CN(C)O. The van der Waals surface area contributed by atoms with Crippen LogP contribution in [0.5, 0.6) is 0 Å². The van der Waals surface area contributed by atoms with E-state index in [-0.39, 0.29) is 0 Å². The Labute approximate surface area is 63.9 Å². The molecule has 0 aliphatic carbocycles. The summed E-state index contributed by atoms with van der Waals surface area (Å²) >= 11 is 1.57. The van der Waals surface area contributed by atoms with Crippen molar-refractivity contribution in [1.29, 1.82) is 0 Å². The molecule has 0 radical (unpaired) electrons. The smallest absolute Gasteiger partial charge is 0.0798 e. The third-order valence-electron chi connectivity index (χ3n) is 1.22. The van der Waals surface area contributed by atoms with Crippen LogP contribution in [0, 0.1) is 6.92 Å². The fourth-order valence-corrected chi connectivity index (χ4v) is 1.51. The first kappa shape index (κ1) is 7.65. The molecule has 0 aliphatic heterocycles. The van der Waals surface area contributed by atoms with Gasteiger partial charge in [0, 0.05) is 11.9 Å². The fraction of sp³-hybridized carbons (Fsp3) is 0.500. The molecule has 10 heavy (non-hydrogen) atoms. The average Bonchev–Trinajstić information content (AvgIpc) is 2.15. The van der Waals surface area contributed by atoms with E-state index in [2.05, 4.69) is 4.98 Å². The Balaban J connectivity index is 2.65. The van der Waals surface area contributed by atoms with Crippen molar-refractivity contribution in [3.8, 4) is 0 Å². The zero-order chi connectivity index (χ0) is 7.56. The van der Waals surface area contributed by atoms with Crippen LogP contribution >= 0.6 is 11.3 Å². The summed E-state index contributed by atoms with van der Waals surface area (Å²) < 4.78 is 0. The van der Waals surface area contributed by atoms with E-state index >= 15 is 0 Å². The fourth-order valence-electron chi connectivity index (χ4n) is 0.686. The van der Waals surface area contributed by atoms with Crippen molar-refractivity contribution in [2.24, 2.45) is 0 Å². The first-order valence-corrected chi connectivity index (χ1v) is 3.87. The molecule has 1 rings (SSSR count). The zero-order valence-electron chi connectivity index (χ0n) is 6.03. The highest BCUT2D eigenvalue weighted by Crippen LogP contribution is 2.12. The highest BCUT2D eigenvalue weighted by molar-refractivity contribution is 7.09. The maximum atomic E-state index is 8.86. The van der Waals surface area contributed by atoms with Crippen LogP contribution in [0.4, 0.5) is 0 Å². The van der Waals surface area contributed by atoms with Gasteiger partial charge in [-0.3, -0.25) is 0 Å². The van der Waals surface area contributed by atoms with E-state index in [0.717, 1.165) is 15.6 Å². The number of hydrogen-bond acceptors (Lipinski definition) is 4. The molecule has 1 N–H and O–H groups in total. The van der Waals surface area contributed by atoms with Crippen molar-refractivity contribution in [2.75, 3.05) is 7.05 Å². The largest absolute Gasteiger partial charge is 0.314 e. The van der Waals surface area contributed by atoms with Crippen LogP contribution in [-0.4, -0.2) is 22.3 Å². The Morgan fingerprint density at radius 2 is 2.50 bits per heavy atom. The molecule has 1 aromatic heterocycles. The average molecular weight is 158 g/mol. The van der Waals surface area contributed by atoms with E-state index in [4.69, 9.17) is 5.21 Å². The first-order valence-electron chi connectivity index (χ1n) is 2.99. The lowest BCUT2D eigenvalue weighted by Crippen LogP contribution is -2.11. The van der Waals surface area contributed by atoms with E-state index in [1.807, 2.05) is 6.92 Å². The Kier molecular flexibility index (Phi) is 2.37. The van der Waals surface area contributed by atoms with E-state index in [9.17, 15) is 0 Å². The van der Waals surface area contributed by atoms with Crippen LogP contribution in [0.15, 0.2) is 5.51 Å². The molecule has 0 aliphatic rings. The van der Waals surface area contributed by atoms with Gasteiger partial charge >= 0.3 is 0 Å². The van der Waals surface area contributed by atoms with E-state index < -0.39 is 0 Å². The van der Waals surface area contributed by atoms with Crippen molar-refractivity contribution in [3.63, 3.8) is 0 Å². The molecule has 3 nitrogen and oxygen atoms in total. The summed E-state index contributed by atoms with van der Waals surface area (Å²) in [5, 5.41) is 10.0.